The molecule has 4 heteroatoms. The molecule has 1 heterocycles. The molecule has 1 aromatic carbocycles. The average Bonchev–Trinajstić information content (AvgIpc) is 2.86. The van der Waals surface area contributed by atoms with Gasteiger partial charge in [0.15, 0.2) is 0 Å². The van der Waals surface area contributed by atoms with Crippen LogP contribution in [0.25, 0.3) is 0 Å². The normalized spacial score (nSPS) is 22.3. The summed E-state index contributed by atoms with van der Waals surface area (Å²) >= 11 is 0. The van der Waals surface area contributed by atoms with E-state index in [1.165, 1.54) is 5.56 Å². The largest absolute Gasteiger partial charge is 0.494 e. The molecule has 0 aliphatic carbocycles. The lowest BCUT2D eigenvalue weighted by molar-refractivity contribution is -0.147. The highest BCUT2D eigenvalue weighted by Crippen LogP contribution is 2.30. The van der Waals surface area contributed by atoms with Crippen LogP contribution < -0.4 is 4.74 Å². The van der Waals surface area contributed by atoms with Gasteiger partial charge >= 0.3 is 5.97 Å². The van der Waals surface area contributed by atoms with E-state index >= 15 is 0 Å². The Hall–Kier alpha value is -1.55. The monoisotopic (exact) mass is 319 g/mol. The maximum absolute atomic E-state index is 11.2. The molecular formula is C19H29NO3. The van der Waals surface area contributed by atoms with E-state index in [0.717, 1.165) is 31.7 Å². The maximum atomic E-state index is 11.2. The molecule has 1 aliphatic rings. The first kappa shape index (κ1) is 17.8. The minimum atomic E-state index is -0.685. The van der Waals surface area contributed by atoms with E-state index in [4.69, 9.17) is 4.74 Å². The van der Waals surface area contributed by atoms with Gasteiger partial charge in [-0.15, -0.1) is 0 Å². The number of likely N-dealkylation sites (tertiary alicyclic amines) is 1. The molecule has 0 saturated carbocycles. The zero-order chi connectivity index (χ0) is 17.1. The van der Waals surface area contributed by atoms with Gasteiger partial charge in [-0.1, -0.05) is 32.9 Å². The van der Waals surface area contributed by atoms with Crippen molar-refractivity contribution in [1.29, 1.82) is 0 Å². The van der Waals surface area contributed by atoms with Gasteiger partial charge in [0.05, 0.1) is 12.0 Å². The first-order valence-electron chi connectivity index (χ1n) is 8.40. The van der Waals surface area contributed by atoms with E-state index in [2.05, 4.69) is 37.8 Å². The molecule has 1 aromatic rings. The summed E-state index contributed by atoms with van der Waals surface area (Å²) in [5, 5.41) is 9.25. The summed E-state index contributed by atoms with van der Waals surface area (Å²) in [6.07, 6.45) is 1.65. The molecule has 1 aliphatic heterocycles. The third kappa shape index (κ3) is 4.71. The molecule has 2 rings (SSSR count). The van der Waals surface area contributed by atoms with Crippen LogP contribution in [0.1, 0.15) is 46.1 Å². The Bertz CT molecular complexity index is 550. The molecule has 1 N–H and O–H groups in total. The lowest BCUT2D eigenvalue weighted by Crippen LogP contribution is -2.32. The van der Waals surface area contributed by atoms with Crippen LogP contribution in [0.15, 0.2) is 24.3 Å². The summed E-state index contributed by atoms with van der Waals surface area (Å²) in [6, 6.07) is 8.27. The third-order valence-electron chi connectivity index (χ3n) is 4.66. The van der Waals surface area contributed by atoms with Crippen LogP contribution in [0.3, 0.4) is 0 Å². The average molecular weight is 319 g/mol. The molecule has 0 aromatic heterocycles. The van der Waals surface area contributed by atoms with E-state index in [1.54, 1.807) is 0 Å². The van der Waals surface area contributed by atoms with Crippen molar-refractivity contribution in [2.75, 3.05) is 26.2 Å². The van der Waals surface area contributed by atoms with Gasteiger partial charge in [-0.3, -0.25) is 4.79 Å². The number of carboxylic acids is 1. The van der Waals surface area contributed by atoms with Crippen LogP contribution in [-0.2, 0) is 10.2 Å². The van der Waals surface area contributed by atoms with Gasteiger partial charge in [0, 0.05) is 13.1 Å². The van der Waals surface area contributed by atoms with Gasteiger partial charge in [-0.25, -0.2) is 0 Å². The maximum Gasteiger partial charge on any atom is 0.310 e. The summed E-state index contributed by atoms with van der Waals surface area (Å²) in [5.41, 5.74) is 0.810. The lowest BCUT2D eigenvalue weighted by atomic mass is 9.87. The van der Waals surface area contributed by atoms with Crippen molar-refractivity contribution in [3.05, 3.63) is 29.8 Å². The van der Waals surface area contributed by atoms with E-state index in [1.807, 2.05) is 19.1 Å². The van der Waals surface area contributed by atoms with Crippen molar-refractivity contribution in [1.82, 2.24) is 4.90 Å². The first-order chi connectivity index (χ1) is 10.7. The zero-order valence-corrected chi connectivity index (χ0v) is 14.8. The number of carboxylic acid groups (broad SMARTS) is 1. The number of hydrogen-bond acceptors (Lipinski definition) is 3. The molecule has 1 saturated heterocycles. The highest BCUT2D eigenvalue weighted by molar-refractivity contribution is 5.74. The predicted molar refractivity (Wildman–Crippen MR) is 92.1 cm³/mol. The second kappa shape index (κ2) is 6.91. The molecule has 0 bridgehead atoms. The van der Waals surface area contributed by atoms with Crippen LogP contribution in [-0.4, -0.2) is 42.2 Å². The quantitative estimate of drug-likeness (QED) is 0.815. The molecule has 1 atom stereocenters. The molecule has 1 fully saturated rings. The second-order valence-electron chi connectivity index (χ2n) is 7.87. The van der Waals surface area contributed by atoms with Crippen LogP contribution in [0.2, 0.25) is 0 Å². The predicted octanol–water partition coefficient (Wildman–Crippen LogP) is 3.55. The molecule has 0 spiro atoms. The Morgan fingerprint density at radius 1 is 1.39 bits per heavy atom. The van der Waals surface area contributed by atoms with Crippen molar-refractivity contribution >= 4 is 5.97 Å². The lowest BCUT2D eigenvalue weighted by Gasteiger charge is -2.21. The topological polar surface area (TPSA) is 49.8 Å². The van der Waals surface area contributed by atoms with Gasteiger partial charge in [-0.05, 0) is 49.4 Å². The standard InChI is InChI=1S/C19H29NO3/c1-18(2,3)15-7-5-8-16(13-15)23-12-6-10-20-11-9-19(4,14-20)17(21)22/h5,7-8,13H,6,9-12,14H2,1-4H3,(H,21,22). The highest BCUT2D eigenvalue weighted by Gasteiger charge is 2.39. The third-order valence-corrected chi connectivity index (χ3v) is 4.66. The van der Waals surface area contributed by atoms with Crippen LogP contribution >= 0.6 is 0 Å². The fourth-order valence-electron chi connectivity index (χ4n) is 2.95. The van der Waals surface area contributed by atoms with E-state index in [0.29, 0.717) is 13.2 Å². The van der Waals surface area contributed by atoms with Gasteiger partial charge in [0.25, 0.3) is 0 Å². The van der Waals surface area contributed by atoms with E-state index in [-0.39, 0.29) is 5.41 Å². The van der Waals surface area contributed by atoms with Crippen molar-refractivity contribution in [2.24, 2.45) is 5.41 Å². The zero-order valence-electron chi connectivity index (χ0n) is 14.8. The van der Waals surface area contributed by atoms with Crippen molar-refractivity contribution < 1.29 is 14.6 Å². The summed E-state index contributed by atoms with van der Waals surface area (Å²) in [5.74, 6) is 0.226. The van der Waals surface area contributed by atoms with Crippen LogP contribution in [0.4, 0.5) is 0 Å². The Kier molecular flexibility index (Phi) is 5.35. The number of rotatable bonds is 6. The molecular weight excluding hydrogens is 290 g/mol. The Morgan fingerprint density at radius 2 is 2.13 bits per heavy atom. The van der Waals surface area contributed by atoms with Crippen LogP contribution in [0, 0.1) is 5.41 Å². The summed E-state index contributed by atoms with van der Waals surface area (Å²) in [6.45, 7) is 11.5. The van der Waals surface area contributed by atoms with Gasteiger partial charge < -0.3 is 14.7 Å². The molecule has 23 heavy (non-hydrogen) atoms. The Balaban J connectivity index is 1.75. The summed E-state index contributed by atoms with van der Waals surface area (Å²) < 4.78 is 5.86. The SMILES string of the molecule is CC1(C(=O)O)CCN(CCCOc2cccc(C(C)(C)C)c2)C1. The van der Waals surface area contributed by atoms with Gasteiger partial charge in [0.1, 0.15) is 5.75 Å². The van der Waals surface area contributed by atoms with Crippen molar-refractivity contribution in [3.63, 3.8) is 0 Å². The van der Waals surface area contributed by atoms with Gasteiger partial charge in [0.2, 0.25) is 0 Å². The number of aliphatic carboxylic acids is 1. The molecule has 4 nitrogen and oxygen atoms in total. The minimum Gasteiger partial charge on any atom is -0.494 e. The van der Waals surface area contributed by atoms with E-state index in [9.17, 15) is 9.90 Å². The Morgan fingerprint density at radius 3 is 2.74 bits per heavy atom. The smallest absolute Gasteiger partial charge is 0.310 e. The summed E-state index contributed by atoms with van der Waals surface area (Å²) in [7, 11) is 0. The number of ether oxygens (including phenoxy) is 1. The fourth-order valence-corrected chi connectivity index (χ4v) is 2.95. The number of benzene rings is 1. The number of nitrogens with zero attached hydrogens (tertiary/aromatic N) is 1. The minimum absolute atomic E-state index is 0.121. The molecule has 0 radical (unpaired) electrons. The molecule has 0 amide bonds. The van der Waals surface area contributed by atoms with Crippen molar-refractivity contribution in [2.45, 2.75) is 46.0 Å². The molecule has 1 unspecified atom stereocenters. The van der Waals surface area contributed by atoms with Crippen LogP contribution in [0.5, 0.6) is 5.75 Å². The second-order valence-corrected chi connectivity index (χ2v) is 7.87. The molecule has 128 valence electrons. The summed E-state index contributed by atoms with van der Waals surface area (Å²) in [4.78, 5) is 13.5. The highest BCUT2D eigenvalue weighted by atomic mass is 16.5. The Labute approximate surface area is 139 Å². The fraction of sp³-hybridized carbons (Fsp3) is 0.632. The number of hydrogen-bond donors (Lipinski definition) is 1. The van der Waals surface area contributed by atoms with Crippen molar-refractivity contribution in [3.8, 4) is 5.75 Å². The van der Waals surface area contributed by atoms with E-state index < -0.39 is 11.4 Å². The first-order valence-corrected chi connectivity index (χ1v) is 8.40. The van der Waals surface area contributed by atoms with Gasteiger partial charge in [-0.2, -0.15) is 0 Å². The number of carbonyl (C=O) groups is 1.